The number of thiazole rings is 1. The Morgan fingerprint density at radius 1 is 0.762 bits per heavy atom. The fourth-order valence-electron chi connectivity index (χ4n) is 6.02. The largest absolute Gasteiger partial charge is 0.491 e. The molecule has 0 unspecified atom stereocenters. The van der Waals surface area contributed by atoms with Gasteiger partial charge in [0.15, 0.2) is 27.2 Å². The summed E-state index contributed by atoms with van der Waals surface area (Å²) in [5.41, 5.74) is 1.54. The first-order valence-corrected chi connectivity index (χ1v) is 22.8. The van der Waals surface area contributed by atoms with E-state index in [9.17, 15) is 18.7 Å². The molecule has 3 heterocycles. The summed E-state index contributed by atoms with van der Waals surface area (Å²) in [5, 5.41) is 16.5. The minimum absolute atomic E-state index is 0.00969. The van der Waals surface area contributed by atoms with Gasteiger partial charge in [-0.05, 0) is 79.4 Å². The van der Waals surface area contributed by atoms with Crippen molar-refractivity contribution < 1.29 is 51.8 Å². The molecule has 0 spiro atoms. The van der Waals surface area contributed by atoms with Gasteiger partial charge in [-0.3, -0.25) is 9.36 Å². The van der Waals surface area contributed by atoms with Crippen molar-refractivity contribution in [1.29, 1.82) is 0 Å². The second-order valence-corrected chi connectivity index (χ2v) is 16.4. The van der Waals surface area contributed by atoms with E-state index >= 15 is 0 Å². The molecular formula is C43H50Br2F2N6O9S. The number of hydrogen-bond donors (Lipinski definition) is 2. The molecule has 1 aliphatic rings. The molecule has 6 rings (SSSR count). The number of aliphatic hydroxyl groups is 1. The summed E-state index contributed by atoms with van der Waals surface area (Å²) in [4.78, 5) is 25.7. The Balaban J connectivity index is 0.746. The van der Waals surface area contributed by atoms with Crippen molar-refractivity contribution in [3.05, 3.63) is 110 Å². The molecule has 2 aromatic heterocycles. The Morgan fingerprint density at radius 3 is 1.98 bits per heavy atom. The molecule has 1 atom stereocenters. The van der Waals surface area contributed by atoms with Crippen LogP contribution in [0.15, 0.2) is 87.6 Å². The standard InChI is InChI=1S/C43H50Br2F2N6O9S/c44-39-25-53(42(45)49-39)40-30-63-43(50-40)52-14-12-51(13-15-52)41(55)29-59-22-21-58-20-19-57-18-17-56-16-11-48-24-35(54)28-60-36-9-10-37(61-26-31-1-5-33(46)6-2-31)38(23-36)62-27-32-3-7-34(47)8-4-32/h1-10,23,25,30,35,48,54H,11-22,24,26-29H2/t35-/m1/s1. The van der Waals surface area contributed by atoms with Crippen LogP contribution in [0.2, 0.25) is 0 Å². The quantitative estimate of drug-likeness (QED) is 0.0590. The van der Waals surface area contributed by atoms with E-state index in [-0.39, 0.29) is 44.0 Å². The van der Waals surface area contributed by atoms with E-state index in [0.29, 0.717) is 107 Å². The molecule has 1 aliphatic heterocycles. The number of carbonyl (C=O) groups excluding carboxylic acids is 1. The molecule has 0 bridgehead atoms. The number of nitrogens with one attached hydrogen (secondary N) is 1. The summed E-state index contributed by atoms with van der Waals surface area (Å²) in [5.74, 6) is 1.38. The third-order valence-electron chi connectivity index (χ3n) is 9.38. The van der Waals surface area contributed by atoms with Crippen molar-refractivity contribution in [2.45, 2.75) is 19.3 Å². The van der Waals surface area contributed by atoms with Crippen molar-refractivity contribution in [2.24, 2.45) is 0 Å². The molecule has 3 aromatic carbocycles. The summed E-state index contributed by atoms with van der Waals surface area (Å²) in [6, 6.07) is 17.1. The van der Waals surface area contributed by atoms with Gasteiger partial charge in [-0.2, -0.15) is 0 Å². The van der Waals surface area contributed by atoms with Crippen molar-refractivity contribution in [1.82, 2.24) is 24.8 Å². The number of halogens is 4. The lowest BCUT2D eigenvalue weighted by atomic mass is 10.2. The van der Waals surface area contributed by atoms with Crippen LogP contribution in [0.5, 0.6) is 17.2 Å². The molecule has 0 radical (unpaired) electrons. The highest BCUT2D eigenvalue weighted by Crippen LogP contribution is 2.33. The van der Waals surface area contributed by atoms with Crippen molar-refractivity contribution >= 4 is 54.2 Å². The first-order valence-electron chi connectivity index (χ1n) is 20.3. The zero-order valence-electron chi connectivity index (χ0n) is 34.5. The van der Waals surface area contributed by atoms with E-state index < -0.39 is 6.10 Å². The number of anilines is 1. The number of aromatic nitrogens is 3. The molecule has 5 aromatic rings. The maximum Gasteiger partial charge on any atom is 0.248 e. The number of hydrogen-bond acceptors (Lipinski definition) is 14. The maximum atomic E-state index is 13.4. The second-order valence-electron chi connectivity index (χ2n) is 14.1. The summed E-state index contributed by atoms with van der Waals surface area (Å²) >= 11 is 8.38. The Kier molecular flexibility index (Phi) is 19.8. The molecular weight excluding hydrogens is 974 g/mol. The van der Waals surface area contributed by atoms with Crippen molar-refractivity contribution in [3.63, 3.8) is 0 Å². The fraction of sp³-hybridized carbons (Fsp3) is 0.419. The van der Waals surface area contributed by atoms with Crippen LogP contribution in [0.25, 0.3) is 5.82 Å². The van der Waals surface area contributed by atoms with Crippen LogP contribution < -0.4 is 24.4 Å². The number of benzene rings is 3. The summed E-state index contributed by atoms with van der Waals surface area (Å²) in [7, 11) is 0. The van der Waals surface area contributed by atoms with Crippen LogP contribution in [0.1, 0.15) is 11.1 Å². The normalized spacial score (nSPS) is 13.3. The first kappa shape index (κ1) is 48.2. The van der Waals surface area contributed by atoms with Crippen LogP contribution in [-0.4, -0.2) is 135 Å². The second kappa shape index (κ2) is 25.9. The molecule has 15 nitrogen and oxygen atoms in total. The van der Waals surface area contributed by atoms with Crippen LogP contribution >= 0.6 is 43.2 Å². The highest BCUT2D eigenvalue weighted by molar-refractivity contribution is 9.11. The number of ether oxygens (including phenoxy) is 7. The lowest BCUT2D eigenvalue weighted by molar-refractivity contribution is -0.137. The number of nitrogens with zero attached hydrogens (tertiary/aromatic N) is 5. The van der Waals surface area contributed by atoms with E-state index in [1.54, 1.807) is 53.8 Å². The van der Waals surface area contributed by atoms with Crippen LogP contribution in [0, 0.1) is 11.6 Å². The molecule has 20 heteroatoms. The molecule has 63 heavy (non-hydrogen) atoms. The topological polar surface area (TPSA) is 151 Å². The molecule has 0 saturated carbocycles. The van der Waals surface area contributed by atoms with Gasteiger partial charge in [0.05, 0.1) is 46.2 Å². The Hall–Kier alpha value is -4.25. The Labute approximate surface area is 385 Å². The van der Waals surface area contributed by atoms with E-state index in [0.717, 1.165) is 26.7 Å². The lowest BCUT2D eigenvalue weighted by Gasteiger charge is -2.34. The number of aliphatic hydroxyl groups excluding tert-OH is 1. The van der Waals surface area contributed by atoms with Gasteiger partial charge in [-0.15, -0.1) is 11.3 Å². The number of carbonyl (C=O) groups is 1. The van der Waals surface area contributed by atoms with Crippen LogP contribution in [0.4, 0.5) is 13.9 Å². The smallest absolute Gasteiger partial charge is 0.248 e. The summed E-state index contributed by atoms with van der Waals surface area (Å²) in [6.07, 6.45) is 1.06. The highest BCUT2D eigenvalue weighted by atomic mass is 79.9. The van der Waals surface area contributed by atoms with E-state index in [1.165, 1.54) is 24.3 Å². The van der Waals surface area contributed by atoms with Crippen LogP contribution in [-0.2, 0) is 37.0 Å². The molecule has 1 fully saturated rings. The number of piperazine rings is 1. The van der Waals surface area contributed by atoms with Gasteiger partial charge in [-0.25, -0.2) is 18.7 Å². The average molecular weight is 1020 g/mol. The van der Waals surface area contributed by atoms with Gasteiger partial charge in [-0.1, -0.05) is 24.3 Å². The Morgan fingerprint density at radius 2 is 1.37 bits per heavy atom. The van der Waals surface area contributed by atoms with Gasteiger partial charge < -0.3 is 53.4 Å². The van der Waals surface area contributed by atoms with Gasteiger partial charge in [0.25, 0.3) is 0 Å². The molecule has 1 saturated heterocycles. The van der Waals surface area contributed by atoms with Crippen molar-refractivity contribution in [3.8, 4) is 23.1 Å². The predicted molar refractivity (Wildman–Crippen MR) is 239 cm³/mol. The molecule has 1 amide bonds. The number of rotatable bonds is 27. The maximum absolute atomic E-state index is 13.4. The number of amides is 1. The minimum atomic E-state index is -0.788. The summed E-state index contributed by atoms with van der Waals surface area (Å²) < 4.78 is 70.0. The van der Waals surface area contributed by atoms with Crippen molar-refractivity contribution in [2.75, 3.05) is 104 Å². The minimum Gasteiger partial charge on any atom is -0.491 e. The lowest BCUT2D eigenvalue weighted by Crippen LogP contribution is -2.49. The van der Waals surface area contributed by atoms with Gasteiger partial charge in [0.1, 0.15) is 54.5 Å². The van der Waals surface area contributed by atoms with E-state index in [1.807, 2.05) is 21.0 Å². The zero-order chi connectivity index (χ0) is 44.2. The fourth-order valence-corrected chi connectivity index (χ4v) is 7.96. The van der Waals surface area contributed by atoms with E-state index in [4.69, 9.17) is 38.1 Å². The monoisotopic (exact) mass is 1020 g/mol. The summed E-state index contributed by atoms with van der Waals surface area (Å²) in [6.45, 7) is 6.52. The number of imidazole rings is 1. The third-order valence-corrected chi connectivity index (χ3v) is 11.2. The van der Waals surface area contributed by atoms with E-state index in [2.05, 4.69) is 47.1 Å². The van der Waals surface area contributed by atoms with Crippen LogP contribution in [0.3, 0.4) is 0 Å². The zero-order valence-corrected chi connectivity index (χ0v) is 38.5. The highest BCUT2D eigenvalue weighted by Gasteiger charge is 2.23. The van der Waals surface area contributed by atoms with Gasteiger partial charge in [0, 0.05) is 56.9 Å². The third kappa shape index (κ3) is 16.4. The molecule has 2 N–H and O–H groups in total. The Bertz CT molecular complexity index is 2130. The first-order chi connectivity index (χ1) is 30.7. The predicted octanol–water partition coefficient (Wildman–Crippen LogP) is 6.03. The van der Waals surface area contributed by atoms with Gasteiger partial charge in [0.2, 0.25) is 5.91 Å². The SMILES string of the molecule is O=C(COCCOCCOCCOCCNC[C@@H](O)COc1ccc(OCc2ccc(F)cc2)c(OCc2ccc(F)cc2)c1)N1CCN(c2nc(-n3cc(Br)nc3Br)cs2)CC1. The molecule has 340 valence electrons. The average Bonchev–Trinajstić information content (AvgIpc) is 3.92. The van der Waals surface area contributed by atoms with Gasteiger partial charge >= 0.3 is 0 Å². The molecule has 0 aliphatic carbocycles.